The monoisotopic (exact) mass is 431 g/mol. The number of ether oxygens (including phenoxy) is 1. The van der Waals surface area contributed by atoms with E-state index in [1.54, 1.807) is 14.2 Å². The van der Waals surface area contributed by atoms with Gasteiger partial charge in [-0.05, 0) is 26.0 Å². The van der Waals surface area contributed by atoms with Gasteiger partial charge in [-0.2, -0.15) is 0 Å². The molecule has 1 aromatic carbocycles. The van der Waals surface area contributed by atoms with Gasteiger partial charge in [0, 0.05) is 33.3 Å². The van der Waals surface area contributed by atoms with Crippen molar-refractivity contribution in [1.82, 2.24) is 20.2 Å². The number of aromatic nitrogens is 2. The first-order valence-electron chi connectivity index (χ1n) is 7.53. The van der Waals surface area contributed by atoms with Crippen molar-refractivity contribution in [3.05, 3.63) is 30.1 Å². The predicted octanol–water partition coefficient (Wildman–Crippen LogP) is 2.16. The third-order valence-electron chi connectivity index (χ3n) is 3.50. The van der Waals surface area contributed by atoms with E-state index in [0.29, 0.717) is 6.61 Å². The highest BCUT2D eigenvalue weighted by molar-refractivity contribution is 14.0. The molecule has 0 spiro atoms. The molecule has 0 aliphatic carbocycles. The second kappa shape index (κ2) is 9.71. The third kappa shape index (κ3) is 5.35. The molecule has 0 saturated carbocycles. The Kier molecular flexibility index (Phi) is 8.32. The minimum Gasteiger partial charge on any atom is -0.383 e. The fourth-order valence-electron chi connectivity index (χ4n) is 2.48. The maximum absolute atomic E-state index is 5.12. The largest absolute Gasteiger partial charge is 0.383 e. The number of hydrogen-bond acceptors (Lipinski definition) is 3. The van der Waals surface area contributed by atoms with Gasteiger partial charge in [0.25, 0.3) is 0 Å². The van der Waals surface area contributed by atoms with Crippen molar-refractivity contribution >= 4 is 41.0 Å². The number of methoxy groups -OCH3 is 1. The zero-order valence-corrected chi connectivity index (χ0v) is 16.5. The van der Waals surface area contributed by atoms with Crippen molar-refractivity contribution < 1.29 is 4.74 Å². The highest BCUT2D eigenvalue weighted by Crippen LogP contribution is 2.14. The molecule has 7 heteroatoms. The van der Waals surface area contributed by atoms with Gasteiger partial charge in [0.1, 0.15) is 5.82 Å². The number of halogens is 1. The van der Waals surface area contributed by atoms with Gasteiger partial charge in [-0.15, -0.1) is 24.0 Å². The fraction of sp³-hybridized carbons (Fsp3) is 0.500. The van der Waals surface area contributed by atoms with E-state index in [9.17, 15) is 0 Å². The van der Waals surface area contributed by atoms with Gasteiger partial charge in [0.15, 0.2) is 5.96 Å². The number of rotatable bonds is 6. The summed E-state index contributed by atoms with van der Waals surface area (Å²) in [4.78, 5) is 8.80. The van der Waals surface area contributed by atoms with Crippen molar-refractivity contribution in [3.8, 4) is 0 Å². The first kappa shape index (κ1) is 19.7. The van der Waals surface area contributed by atoms with Crippen LogP contribution in [0.15, 0.2) is 29.3 Å². The number of fused-ring (bicyclic) bond motifs is 1. The highest BCUT2D eigenvalue weighted by Gasteiger charge is 2.07. The molecule has 0 amide bonds. The van der Waals surface area contributed by atoms with Gasteiger partial charge < -0.3 is 19.9 Å². The number of para-hydroxylation sites is 2. The average Bonchev–Trinajstić information content (AvgIpc) is 2.82. The summed E-state index contributed by atoms with van der Waals surface area (Å²) < 4.78 is 7.34. The molecule has 0 bridgehead atoms. The molecule has 1 unspecified atom stereocenters. The number of aryl methyl sites for hydroxylation is 1. The highest BCUT2D eigenvalue weighted by atomic mass is 127. The molecule has 0 saturated heterocycles. The summed E-state index contributed by atoms with van der Waals surface area (Å²) >= 11 is 0. The molecule has 2 aromatic rings. The summed E-state index contributed by atoms with van der Waals surface area (Å²) in [5, 5.41) is 6.61. The first-order chi connectivity index (χ1) is 10.7. The van der Waals surface area contributed by atoms with Gasteiger partial charge in [-0.3, -0.25) is 4.99 Å². The number of aliphatic imine (C=N–C) groups is 1. The molecule has 2 rings (SSSR count). The zero-order valence-electron chi connectivity index (χ0n) is 14.2. The summed E-state index contributed by atoms with van der Waals surface area (Å²) in [7, 11) is 3.47. The van der Waals surface area contributed by atoms with E-state index in [2.05, 4.69) is 38.2 Å². The molecular weight excluding hydrogens is 405 g/mol. The molecule has 0 fully saturated rings. The average molecular weight is 431 g/mol. The minimum absolute atomic E-state index is 0. The van der Waals surface area contributed by atoms with Crippen LogP contribution in [0.4, 0.5) is 0 Å². The molecule has 2 N–H and O–H groups in total. The zero-order chi connectivity index (χ0) is 15.9. The maximum atomic E-state index is 5.12. The number of hydrogen-bond donors (Lipinski definition) is 2. The lowest BCUT2D eigenvalue weighted by molar-refractivity contribution is 0.179. The topological polar surface area (TPSA) is 63.5 Å². The number of nitrogens with zero attached hydrogens (tertiary/aromatic N) is 3. The fourth-order valence-corrected chi connectivity index (χ4v) is 2.48. The van der Waals surface area contributed by atoms with Crippen LogP contribution >= 0.6 is 24.0 Å². The van der Waals surface area contributed by atoms with Crippen LogP contribution in [0.25, 0.3) is 11.0 Å². The Hall–Kier alpha value is -1.35. The lowest BCUT2D eigenvalue weighted by Crippen LogP contribution is -2.44. The standard InChI is InChI=1S/C16H25N5O.HI/c1-12(11-22-4)19-16(17-3)18-9-10-21-13(2)20-14-7-5-6-8-15(14)21;/h5-8,12H,9-11H2,1-4H3,(H2,17,18,19);1H. The Morgan fingerprint density at radius 1 is 1.39 bits per heavy atom. The van der Waals surface area contributed by atoms with Crippen molar-refractivity contribution in [2.24, 2.45) is 4.99 Å². The van der Waals surface area contributed by atoms with Gasteiger partial charge in [-0.1, -0.05) is 12.1 Å². The quantitative estimate of drug-likeness (QED) is 0.418. The van der Waals surface area contributed by atoms with E-state index in [1.165, 1.54) is 0 Å². The number of nitrogens with one attached hydrogen (secondary N) is 2. The van der Waals surface area contributed by atoms with E-state index in [-0.39, 0.29) is 30.0 Å². The summed E-state index contributed by atoms with van der Waals surface area (Å²) in [6, 6.07) is 8.41. The smallest absolute Gasteiger partial charge is 0.191 e. The lowest BCUT2D eigenvalue weighted by atomic mass is 10.3. The number of guanidine groups is 1. The van der Waals surface area contributed by atoms with Crippen molar-refractivity contribution in [2.45, 2.75) is 26.4 Å². The molecule has 1 aromatic heterocycles. The Morgan fingerprint density at radius 2 is 2.13 bits per heavy atom. The molecule has 0 radical (unpaired) electrons. The molecule has 1 heterocycles. The van der Waals surface area contributed by atoms with E-state index < -0.39 is 0 Å². The lowest BCUT2D eigenvalue weighted by Gasteiger charge is -2.17. The van der Waals surface area contributed by atoms with Crippen LogP contribution in [0.1, 0.15) is 12.7 Å². The third-order valence-corrected chi connectivity index (χ3v) is 3.50. The SMILES string of the molecule is CN=C(NCCn1c(C)nc2ccccc21)NC(C)COC.I. The first-order valence-corrected chi connectivity index (χ1v) is 7.53. The summed E-state index contributed by atoms with van der Waals surface area (Å²) in [6.07, 6.45) is 0. The van der Waals surface area contributed by atoms with Crippen LogP contribution < -0.4 is 10.6 Å². The van der Waals surface area contributed by atoms with Crippen LogP contribution in [0.2, 0.25) is 0 Å². The molecule has 0 aliphatic heterocycles. The van der Waals surface area contributed by atoms with E-state index >= 15 is 0 Å². The van der Waals surface area contributed by atoms with Crippen molar-refractivity contribution in [2.75, 3.05) is 27.3 Å². The van der Waals surface area contributed by atoms with Crippen molar-refractivity contribution in [1.29, 1.82) is 0 Å². The molecule has 1 atom stereocenters. The van der Waals surface area contributed by atoms with E-state index in [4.69, 9.17) is 4.74 Å². The van der Waals surface area contributed by atoms with Gasteiger partial charge in [0.05, 0.1) is 17.6 Å². The van der Waals surface area contributed by atoms with E-state index in [0.717, 1.165) is 35.9 Å². The van der Waals surface area contributed by atoms with Gasteiger partial charge in [0.2, 0.25) is 0 Å². The summed E-state index contributed by atoms with van der Waals surface area (Å²) in [6.45, 7) is 6.36. The molecular formula is C16H26IN5O. The Balaban J connectivity index is 0.00000264. The van der Waals surface area contributed by atoms with Crippen LogP contribution in [0.5, 0.6) is 0 Å². The normalized spacial score (nSPS) is 12.8. The Morgan fingerprint density at radius 3 is 2.83 bits per heavy atom. The summed E-state index contributed by atoms with van der Waals surface area (Å²) in [5.41, 5.74) is 2.20. The van der Waals surface area contributed by atoms with Crippen LogP contribution in [-0.2, 0) is 11.3 Å². The second-order valence-electron chi connectivity index (χ2n) is 5.30. The Bertz CT molecular complexity index is 640. The molecule has 0 aliphatic rings. The molecule has 128 valence electrons. The Labute approximate surface area is 154 Å². The second-order valence-corrected chi connectivity index (χ2v) is 5.30. The van der Waals surface area contributed by atoms with Gasteiger partial charge in [-0.25, -0.2) is 4.98 Å². The number of imidazole rings is 1. The molecule has 6 nitrogen and oxygen atoms in total. The van der Waals surface area contributed by atoms with E-state index in [1.807, 2.05) is 25.1 Å². The molecule has 23 heavy (non-hydrogen) atoms. The minimum atomic E-state index is 0. The van der Waals surface area contributed by atoms with Crippen LogP contribution in [0, 0.1) is 6.92 Å². The predicted molar refractivity (Wildman–Crippen MR) is 106 cm³/mol. The van der Waals surface area contributed by atoms with Gasteiger partial charge >= 0.3 is 0 Å². The number of benzene rings is 1. The van der Waals surface area contributed by atoms with Crippen LogP contribution in [0.3, 0.4) is 0 Å². The van der Waals surface area contributed by atoms with Crippen LogP contribution in [-0.4, -0.2) is 48.9 Å². The van der Waals surface area contributed by atoms with Crippen molar-refractivity contribution in [3.63, 3.8) is 0 Å². The maximum Gasteiger partial charge on any atom is 0.191 e. The summed E-state index contributed by atoms with van der Waals surface area (Å²) in [5.74, 6) is 1.81.